The molecular weight excluding hydrogens is 192 g/mol. The van der Waals surface area contributed by atoms with Crippen LogP contribution in [0.5, 0.6) is 0 Å². The molecule has 1 fully saturated rings. The molecule has 4 nitrogen and oxygen atoms in total. The van der Waals surface area contributed by atoms with E-state index >= 15 is 0 Å². The van der Waals surface area contributed by atoms with Gasteiger partial charge in [0.25, 0.3) is 0 Å². The van der Waals surface area contributed by atoms with Crippen LogP contribution in [0.2, 0.25) is 0 Å². The Labute approximate surface area is 87.7 Å². The number of aromatic carboxylic acids is 1. The highest BCUT2D eigenvalue weighted by Crippen LogP contribution is 2.39. The van der Waals surface area contributed by atoms with Crippen molar-refractivity contribution in [2.75, 3.05) is 0 Å². The summed E-state index contributed by atoms with van der Waals surface area (Å²) in [6.45, 7) is 1.47. The summed E-state index contributed by atoms with van der Waals surface area (Å²) in [4.78, 5) is 14.5. The van der Waals surface area contributed by atoms with E-state index in [-0.39, 0.29) is 0 Å². The number of carboxylic acid groups (broad SMARTS) is 1. The smallest absolute Gasteiger partial charge is 0.337 e. The summed E-state index contributed by atoms with van der Waals surface area (Å²) in [5.74, 6) is -0.320. The van der Waals surface area contributed by atoms with E-state index in [0.29, 0.717) is 18.0 Å². The Bertz CT molecular complexity index is 418. The number of carboxylic acids is 1. The summed E-state index contributed by atoms with van der Waals surface area (Å²) in [5, 5.41) is 12.4. The lowest BCUT2D eigenvalue weighted by Crippen LogP contribution is -2.15. The molecule has 80 valence electrons. The van der Waals surface area contributed by atoms with E-state index in [1.54, 1.807) is 0 Å². The van der Waals surface area contributed by atoms with Crippen LogP contribution in [-0.2, 0) is 13.1 Å². The molecule has 1 aromatic rings. The third-order valence-corrected chi connectivity index (χ3v) is 3.55. The van der Waals surface area contributed by atoms with Crippen LogP contribution in [0.4, 0.5) is 0 Å². The first kappa shape index (κ1) is 8.97. The SMILES string of the molecule is O=C(O)c1c(C2CCC2)[nH]c2c1CNC2. The number of aromatic nitrogens is 1. The molecule has 0 bridgehead atoms. The third kappa shape index (κ3) is 1.21. The molecule has 1 aliphatic heterocycles. The van der Waals surface area contributed by atoms with Gasteiger partial charge >= 0.3 is 5.97 Å². The molecular formula is C11H14N2O2. The Balaban J connectivity index is 2.09. The molecule has 1 aromatic heterocycles. The first-order chi connectivity index (χ1) is 7.27. The van der Waals surface area contributed by atoms with Crippen molar-refractivity contribution in [1.82, 2.24) is 10.3 Å². The maximum absolute atomic E-state index is 11.2. The molecule has 0 unspecified atom stereocenters. The van der Waals surface area contributed by atoms with Gasteiger partial charge in [0.05, 0.1) is 5.56 Å². The molecule has 0 amide bonds. The minimum absolute atomic E-state index is 0.460. The lowest BCUT2D eigenvalue weighted by molar-refractivity contribution is 0.0693. The van der Waals surface area contributed by atoms with E-state index in [0.717, 1.165) is 36.3 Å². The topological polar surface area (TPSA) is 65.1 Å². The van der Waals surface area contributed by atoms with Crippen LogP contribution in [0.15, 0.2) is 0 Å². The van der Waals surface area contributed by atoms with Crippen molar-refractivity contribution < 1.29 is 9.90 Å². The van der Waals surface area contributed by atoms with Crippen LogP contribution in [-0.4, -0.2) is 16.1 Å². The van der Waals surface area contributed by atoms with Crippen molar-refractivity contribution in [1.29, 1.82) is 0 Å². The second-order valence-corrected chi connectivity index (χ2v) is 4.41. The van der Waals surface area contributed by atoms with E-state index in [1.807, 2.05) is 0 Å². The maximum Gasteiger partial charge on any atom is 0.337 e. The predicted molar refractivity (Wildman–Crippen MR) is 54.9 cm³/mol. The van der Waals surface area contributed by atoms with Gasteiger partial charge in [0.1, 0.15) is 0 Å². The van der Waals surface area contributed by atoms with Crippen LogP contribution in [0.25, 0.3) is 0 Å². The third-order valence-electron chi connectivity index (χ3n) is 3.55. The number of hydrogen-bond donors (Lipinski definition) is 3. The zero-order valence-corrected chi connectivity index (χ0v) is 8.47. The Kier molecular flexibility index (Phi) is 1.85. The molecule has 3 N–H and O–H groups in total. The summed E-state index contributed by atoms with van der Waals surface area (Å²) < 4.78 is 0. The van der Waals surface area contributed by atoms with Gasteiger partial charge in [0.15, 0.2) is 0 Å². The van der Waals surface area contributed by atoms with Gasteiger partial charge < -0.3 is 15.4 Å². The maximum atomic E-state index is 11.2. The number of rotatable bonds is 2. The first-order valence-corrected chi connectivity index (χ1v) is 5.45. The van der Waals surface area contributed by atoms with E-state index in [4.69, 9.17) is 0 Å². The first-order valence-electron chi connectivity index (χ1n) is 5.45. The van der Waals surface area contributed by atoms with Gasteiger partial charge in [-0.2, -0.15) is 0 Å². The predicted octanol–water partition coefficient (Wildman–Crippen LogP) is 1.58. The molecule has 15 heavy (non-hydrogen) atoms. The minimum atomic E-state index is -0.780. The molecule has 0 spiro atoms. The molecule has 3 rings (SSSR count). The standard InChI is InChI=1S/C11H14N2O2/c14-11(15)9-7-4-12-5-8(7)13-10(9)6-2-1-3-6/h6,12-13H,1-5H2,(H,14,15). The van der Waals surface area contributed by atoms with E-state index in [2.05, 4.69) is 10.3 Å². The molecule has 0 saturated heterocycles. The summed E-state index contributed by atoms with van der Waals surface area (Å²) >= 11 is 0. The number of fused-ring (bicyclic) bond motifs is 1. The number of H-pyrrole nitrogens is 1. The Hall–Kier alpha value is -1.29. The van der Waals surface area contributed by atoms with Gasteiger partial charge in [-0.15, -0.1) is 0 Å². The van der Waals surface area contributed by atoms with Gasteiger partial charge in [-0.1, -0.05) is 6.42 Å². The summed E-state index contributed by atoms with van der Waals surface area (Å²) in [7, 11) is 0. The molecule has 2 aliphatic rings. The number of carbonyl (C=O) groups is 1. The van der Waals surface area contributed by atoms with Crippen LogP contribution in [0, 0.1) is 0 Å². The second kappa shape index (κ2) is 3.10. The highest BCUT2D eigenvalue weighted by atomic mass is 16.4. The van der Waals surface area contributed by atoms with Crippen LogP contribution in [0.1, 0.15) is 52.5 Å². The van der Waals surface area contributed by atoms with Crippen molar-refractivity contribution in [3.63, 3.8) is 0 Å². The fraction of sp³-hybridized carbons (Fsp3) is 0.545. The molecule has 0 radical (unpaired) electrons. The Morgan fingerprint density at radius 3 is 2.73 bits per heavy atom. The zero-order chi connectivity index (χ0) is 10.4. The summed E-state index contributed by atoms with van der Waals surface area (Å²) in [6.07, 6.45) is 3.49. The average Bonchev–Trinajstić information content (AvgIpc) is 2.58. The van der Waals surface area contributed by atoms with Crippen LogP contribution in [0.3, 0.4) is 0 Å². The highest BCUT2D eigenvalue weighted by molar-refractivity contribution is 5.92. The highest BCUT2D eigenvalue weighted by Gasteiger charge is 2.31. The minimum Gasteiger partial charge on any atom is -0.478 e. The summed E-state index contributed by atoms with van der Waals surface area (Å²) in [5.41, 5.74) is 3.57. The monoisotopic (exact) mass is 206 g/mol. The lowest BCUT2D eigenvalue weighted by atomic mass is 9.81. The van der Waals surface area contributed by atoms with Crippen molar-refractivity contribution >= 4 is 5.97 Å². The molecule has 2 heterocycles. The van der Waals surface area contributed by atoms with Gasteiger partial charge in [0.2, 0.25) is 0 Å². The quantitative estimate of drug-likeness (QED) is 0.688. The van der Waals surface area contributed by atoms with Crippen molar-refractivity contribution in [3.05, 3.63) is 22.5 Å². The molecule has 1 aliphatic carbocycles. The Morgan fingerprint density at radius 2 is 2.13 bits per heavy atom. The fourth-order valence-electron chi connectivity index (χ4n) is 2.52. The molecule has 1 saturated carbocycles. The fourth-order valence-corrected chi connectivity index (χ4v) is 2.52. The van der Waals surface area contributed by atoms with Crippen LogP contribution < -0.4 is 5.32 Å². The Morgan fingerprint density at radius 1 is 1.33 bits per heavy atom. The molecule has 0 atom stereocenters. The van der Waals surface area contributed by atoms with Gasteiger partial charge in [-0.25, -0.2) is 4.79 Å². The number of nitrogens with one attached hydrogen (secondary N) is 2. The second-order valence-electron chi connectivity index (χ2n) is 4.41. The number of aromatic amines is 1. The van der Waals surface area contributed by atoms with E-state index in [9.17, 15) is 9.90 Å². The average molecular weight is 206 g/mol. The summed E-state index contributed by atoms with van der Waals surface area (Å²) in [6, 6.07) is 0. The van der Waals surface area contributed by atoms with E-state index in [1.165, 1.54) is 6.42 Å². The number of hydrogen-bond acceptors (Lipinski definition) is 2. The van der Waals surface area contributed by atoms with Crippen molar-refractivity contribution in [2.24, 2.45) is 0 Å². The lowest BCUT2D eigenvalue weighted by Gasteiger charge is -2.25. The zero-order valence-electron chi connectivity index (χ0n) is 8.47. The normalized spacial score (nSPS) is 20.0. The van der Waals surface area contributed by atoms with Gasteiger partial charge in [-0.05, 0) is 18.8 Å². The van der Waals surface area contributed by atoms with E-state index < -0.39 is 5.97 Å². The van der Waals surface area contributed by atoms with Crippen molar-refractivity contribution in [3.8, 4) is 0 Å². The van der Waals surface area contributed by atoms with Gasteiger partial charge in [-0.3, -0.25) is 0 Å². The van der Waals surface area contributed by atoms with Crippen molar-refractivity contribution in [2.45, 2.75) is 38.3 Å². The van der Waals surface area contributed by atoms with Crippen LogP contribution >= 0.6 is 0 Å². The molecule has 0 aromatic carbocycles. The molecule has 4 heteroatoms. The van der Waals surface area contributed by atoms with Gasteiger partial charge in [0, 0.05) is 30.0 Å². The largest absolute Gasteiger partial charge is 0.478 e.